The van der Waals surface area contributed by atoms with E-state index in [0.717, 1.165) is 19.3 Å². The summed E-state index contributed by atoms with van der Waals surface area (Å²) in [6, 6.07) is 9.30. The molecule has 4 heteroatoms. The molecular weight excluding hydrogens is 284 g/mol. The van der Waals surface area contributed by atoms with Crippen LogP contribution in [0.2, 0.25) is 5.02 Å². The predicted octanol–water partition coefficient (Wildman–Crippen LogP) is 3.94. The molecule has 110 valence electrons. The molecule has 1 N–H and O–H groups in total. The van der Waals surface area contributed by atoms with Crippen LogP contribution in [0.5, 0.6) is 0 Å². The molecule has 3 nitrogen and oxygen atoms in total. The Hall–Kier alpha value is -1.79. The molecule has 1 aromatic rings. The van der Waals surface area contributed by atoms with Crippen LogP contribution in [0.4, 0.5) is 0 Å². The Kier molecular flexibility index (Phi) is 5.41. The number of carbonyl (C=O) groups is 1. The molecule has 2 rings (SSSR count). The van der Waals surface area contributed by atoms with Crippen LogP contribution in [0.25, 0.3) is 6.08 Å². The maximum atomic E-state index is 12.3. The first-order valence-electron chi connectivity index (χ1n) is 7.29. The lowest BCUT2D eigenvalue weighted by Crippen LogP contribution is -2.41. The summed E-state index contributed by atoms with van der Waals surface area (Å²) in [6.45, 7) is 2.15. The Balaban J connectivity index is 2.12. The monoisotopic (exact) mass is 302 g/mol. The highest BCUT2D eigenvalue weighted by Gasteiger charge is 2.24. The van der Waals surface area contributed by atoms with Gasteiger partial charge in [0.15, 0.2) is 0 Å². The first-order valence-corrected chi connectivity index (χ1v) is 7.67. The average molecular weight is 303 g/mol. The van der Waals surface area contributed by atoms with Gasteiger partial charge in [0.05, 0.1) is 0 Å². The Labute approximate surface area is 130 Å². The normalized spacial score (nSPS) is 22.4. The fourth-order valence-corrected chi connectivity index (χ4v) is 2.86. The van der Waals surface area contributed by atoms with Crippen LogP contribution in [-0.2, 0) is 4.79 Å². The molecule has 0 spiro atoms. The Morgan fingerprint density at radius 3 is 2.76 bits per heavy atom. The number of nitrogens with zero attached hydrogens (tertiary/aromatic N) is 1. The third-order valence-electron chi connectivity index (χ3n) is 4.00. The van der Waals surface area contributed by atoms with Gasteiger partial charge >= 0.3 is 0 Å². The number of nitriles is 1. The summed E-state index contributed by atoms with van der Waals surface area (Å²) in [5, 5.41) is 12.7. The van der Waals surface area contributed by atoms with Crippen LogP contribution in [0.3, 0.4) is 0 Å². The molecule has 0 radical (unpaired) electrons. The zero-order valence-electron chi connectivity index (χ0n) is 12.1. The molecule has 1 fully saturated rings. The number of hydrogen-bond acceptors (Lipinski definition) is 2. The van der Waals surface area contributed by atoms with Gasteiger partial charge in [0.2, 0.25) is 0 Å². The van der Waals surface area contributed by atoms with Gasteiger partial charge in [-0.25, -0.2) is 0 Å². The molecule has 2 atom stereocenters. The van der Waals surface area contributed by atoms with E-state index in [1.807, 2.05) is 18.2 Å². The predicted molar refractivity (Wildman–Crippen MR) is 84.6 cm³/mol. The average Bonchev–Trinajstić information content (AvgIpc) is 2.48. The van der Waals surface area contributed by atoms with E-state index in [1.54, 1.807) is 18.2 Å². The van der Waals surface area contributed by atoms with E-state index in [4.69, 9.17) is 11.6 Å². The van der Waals surface area contributed by atoms with Gasteiger partial charge < -0.3 is 5.32 Å². The molecule has 0 heterocycles. The van der Waals surface area contributed by atoms with Crippen molar-refractivity contribution < 1.29 is 4.79 Å². The zero-order valence-corrected chi connectivity index (χ0v) is 12.9. The minimum Gasteiger partial charge on any atom is -0.348 e. The molecule has 1 aliphatic carbocycles. The topological polar surface area (TPSA) is 52.9 Å². The van der Waals surface area contributed by atoms with Crippen LogP contribution >= 0.6 is 11.6 Å². The van der Waals surface area contributed by atoms with Crippen molar-refractivity contribution in [3.8, 4) is 6.07 Å². The molecule has 1 aliphatic rings. The van der Waals surface area contributed by atoms with Gasteiger partial charge in [0, 0.05) is 11.1 Å². The Morgan fingerprint density at radius 1 is 1.38 bits per heavy atom. The summed E-state index contributed by atoms with van der Waals surface area (Å²) >= 11 is 6.06. The lowest BCUT2D eigenvalue weighted by atomic mass is 9.86. The van der Waals surface area contributed by atoms with Gasteiger partial charge in [-0.1, -0.05) is 49.6 Å². The highest BCUT2D eigenvalue weighted by Crippen LogP contribution is 2.24. The van der Waals surface area contributed by atoms with Crippen LogP contribution in [-0.4, -0.2) is 11.9 Å². The molecule has 0 aromatic heterocycles. The highest BCUT2D eigenvalue weighted by molar-refractivity contribution is 6.32. The van der Waals surface area contributed by atoms with Gasteiger partial charge in [-0.3, -0.25) is 4.79 Å². The second-order valence-electron chi connectivity index (χ2n) is 5.53. The van der Waals surface area contributed by atoms with E-state index in [0.29, 0.717) is 16.5 Å². The van der Waals surface area contributed by atoms with Crippen molar-refractivity contribution in [2.75, 3.05) is 0 Å². The number of nitrogens with one attached hydrogen (secondary N) is 1. The van der Waals surface area contributed by atoms with Crippen LogP contribution in [0.1, 0.15) is 38.2 Å². The lowest BCUT2D eigenvalue weighted by Gasteiger charge is -2.29. The molecule has 1 amide bonds. The highest BCUT2D eigenvalue weighted by atomic mass is 35.5. The second kappa shape index (κ2) is 7.28. The van der Waals surface area contributed by atoms with Crippen molar-refractivity contribution >= 4 is 23.6 Å². The third kappa shape index (κ3) is 4.09. The molecule has 0 bridgehead atoms. The van der Waals surface area contributed by atoms with Gasteiger partial charge in [0.1, 0.15) is 11.6 Å². The fourth-order valence-electron chi connectivity index (χ4n) is 2.67. The third-order valence-corrected chi connectivity index (χ3v) is 4.34. The molecule has 0 aliphatic heterocycles. The summed E-state index contributed by atoms with van der Waals surface area (Å²) in [5.41, 5.74) is 0.781. The quantitative estimate of drug-likeness (QED) is 0.679. The first-order chi connectivity index (χ1) is 10.1. The van der Waals surface area contributed by atoms with Crippen molar-refractivity contribution in [2.45, 2.75) is 38.6 Å². The van der Waals surface area contributed by atoms with Crippen LogP contribution in [0.15, 0.2) is 29.8 Å². The van der Waals surface area contributed by atoms with Gasteiger partial charge in [-0.15, -0.1) is 0 Å². The fraction of sp³-hybridized carbons (Fsp3) is 0.412. The lowest BCUT2D eigenvalue weighted by molar-refractivity contribution is -0.118. The van der Waals surface area contributed by atoms with E-state index in [-0.39, 0.29) is 17.5 Å². The number of rotatable bonds is 3. The van der Waals surface area contributed by atoms with E-state index >= 15 is 0 Å². The van der Waals surface area contributed by atoms with Crippen LogP contribution < -0.4 is 5.32 Å². The number of halogens is 1. The summed E-state index contributed by atoms with van der Waals surface area (Å²) < 4.78 is 0. The smallest absolute Gasteiger partial charge is 0.262 e. The largest absolute Gasteiger partial charge is 0.348 e. The second-order valence-corrected chi connectivity index (χ2v) is 5.94. The number of amides is 1. The zero-order chi connectivity index (χ0) is 15.2. The van der Waals surface area contributed by atoms with Crippen molar-refractivity contribution in [3.63, 3.8) is 0 Å². The maximum absolute atomic E-state index is 12.3. The standard InChI is InChI=1S/C17H19ClN2O/c1-12-6-2-5-9-16(12)20-17(21)14(11-19)10-13-7-3-4-8-15(13)18/h3-4,7-8,10,12,16H,2,5-6,9H2,1H3,(H,20,21)/b14-10+/t12-,16+/m0/s1. The number of carbonyl (C=O) groups excluding carboxylic acids is 1. The van der Waals surface area contributed by atoms with Crippen molar-refractivity contribution in [2.24, 2.45) is 5.92 Å². The number of hydrogen-bond donors (Lipinski definition) is 1. The minimum atomic E-state index is -0.309. The van der Waals surface area contributed by atoms with E-state index in [1.165, 1.54) is 6.42 Å². The number of benzene rings is 1. The summed E-state index contributed by atoms with van der Waals surface area (Å²) in [5.74, 6) is 0.152. The first kappa shape index (κ1) is 15.6. The SMILES string of the molecule is C[C@H]1CCCC[C@H]1NC(=O)/C(C#N)=C/c1ccccc1Cl. The van der Waals surface area contributed by atoms with Gasteiger partial charge in [0.25, 0.3) is 5.91 Å². The Bertz CT molecular complexity index is 589. The molecule has 0 unspecified atom stereocenters. The van der Waals surface area contributed by atoms with E-state index in [2.05, 4.69) is 12.2 Å². The molecular formula is C17H19ClN2O. The summed E-state index contributed by atoms with van der Waals surface area (Å²) in [7, 11) is 0. The minimum absolute atomic E-state index is 0.0980. The van der Waals surface area contributed by atoms with Gasteiger partial charge in [-0.2, -0.15) is 5.26 Å². The van der Waals surface area contributed by atoms with Crippen molar-refractivity contribution in [3.05, 3.63) is 40.4 Å². The Morgan fingerprint density at radius 2 is 2.10 bits per heavy atom. The molecule has 1 saturated carbocycles. The summed E-state index contributed by atoms with van der Waals surface area (Å²) in [6.07, 6.45) is 6.00. The van der Waals surface area contributed by atoms with Crippen LogP contribution in [0, 0.1) is 17.2 Å². The molecule has 21 heavy (non-hydrogen) atoms. The summed E-state index contributed by atoms with van der Waals surface area (Å²) in [4.78, 5) is 12.3. The molecule has 1 aromatic carbocycles. The van der Waals surface area contributed by atoms with Crippen molar-refractivity contribution in [1.29, 1.82) is 5.26 Å². The molecule has 0 saturated heterocycles. The van der Waals surface area contributed by atoms with Gasteiger partial charge in [-0.05, 0) is 36.5 Å². The van der Waals surface area contributed by atoms with Crippen molar-refractivity contribution in [1.82, 2.24) is 5.32 Å². The van der Waals surface area contributed by atoms with E-state index in [9.17, 15) is 10.1 Å². The maximum Gasteiger partial charge on any atom is 0.262 e. The van der Waals surface area contributed by atoms with E-state index < -0.39 is 0 Å².